The summed E-state index contributed by atoms with van der Waals surface area (Å²) in [4.78, 5) is 10.8. The summed E-state index contributed by atoms with van der Waals surface area (Å²) in [7, 11) is 0.0320. The van der Waals surface area contributed by atoms with Crippen molar-refractivity contribution < 1.29 is 14.3 Å². The number of methoxy groups -OCH3 is 1. The lowest BCUT2D eigenvalue weighted by molar-refractivity contribution is -0.134. The zero-order chi connectivity index (χ0) is 11.5. The van der Waals surface area contributed by atoms with Gasteiger partial charge in [0.1, 0.15) is 20.3 Å². The van der Waals surface area contributed by atoms with Gasteiger partial charge in [0.2, 0.25) is 0 Å². The maximum atomic E-state index is 10.8. The van der Waals surface area contributed by atoms with Gasteiger partial charge in [0.25, 0.3) is 0 Å². The van der Waals surface area contributed by atoms with Crippen LogP contribution in [0.4, 0.5) is 0 Å². The van der Waals surface area contributed by atoms with Crippen LogP contribution in [0, 0.1) is 11.5 Å². The van der Waals surface area contributed by atoms with Gasteiger partial charge >= 0.3 is 5.97 Å². The number of hydrogen-bond acceptors (Lipinski definition) is 3. The van der Waals surface area contributed by atoms with Crippen molar-refractivity contribution in [1.29, 1.82) is 0 Å². The molecule has 82 valence electrons. The van der Waals surface area contributed by atoms with Crippen LogP contribution >= 0.6 is 0 Å². The van der Waals surface area contributed by atoms with Crippen LogP contribution in [0.5, 0.6) is 0 Å². The summed E-state index contributed by atoms with van der Waals surface area (Å²) in [5.41, 5.74) is 3.23. The van der Waals surface area contributed by atoms with Crippen molar-refractivity contribution in [1.82, 2.24) is 0 Å². The summed E-state index contributed by atoms with van der Waals surface area (Å²) in [6, 6.07) is 0. The second kappa shape index (κ2) is 4.64. The van der Waals surface area contributed by atoms with Crippen LogP contribution in [0.2, 0.25) is 19.6 Å². The van der Waals surface area contributed by atoms with E-state index in [4.69, 9.17) is 4.74 Å². The summed E-state index contributed by atoms with van der Waals surface area (Å²) in [6.07, 6.45) is 3.00. The van der Waals surface area contributed by atoms with Gasteiger partial charge in [0, 0.05) is 6.08 Å². The molecule has 1 rings (SSSR count). The fourth-order valence-electron chi connectivity index (χ4n) is 0.915. The fraction of sp³-hybridized carbons (Fsp3) is 0.545. The first-order valence-electron chi connectivity index (χ1n) is 4.87. The number of rotatable bonds is 2. The summed E-state index contributed by atoms with van der Waals surface area (Å²) in [6.45, 7) is 6.55. The molecule has 1 aliphatic rings. The molecular formula is C11H16O3Si. The molecule has 1 saturated heterocycles. The van der Waals surface area contributed by atoms with Crippen LogP contribution < -0.4 is 0 Å². The molecule has 0 spiro atoms. The van der Waals surface area contributed by atoms with E-state index in [0.29, 0.717) is 0 Å². The molecule has 0 aromatic rings. The Balaban J connectivity index is 2.38. The van der Waals surface area contributed by atoms with Crippen molar-refractivity contribution in [2.45, 2.75) is 31.8 Å². The van der Waals surface area contributed by atoms with Gasteiger partial charge in [0.05, 0.1) is 7.11 Å². The highest BCUT2D eigenvalue weighted by Crippen LogP contribution is 2.22. The van der Waals surface area contributed by atoms with E-state index in [1.54, 1.807) is 6.08 Å². The van der Waals surface area contributed by atoms with Gasteiger partial charge in [-0.3, -0.25) is 0 Å². The third-order valence-electron chi connectivity index (χ3n) is 1.74. The SMILES string of the molecule is COC(=O)/C=C/[C@@H]1O[C@H]1C#C[Si](C)(C)C. The molecule has 3 nitrogen and oxygen atoms in total. The zero-order valence-corrected chi connectivity index (χ0v) is 10.5. The van der Waals surface area contributed by atoms with E-state index in [-0.39, 0.29) is 18.2 Å². The molecular weight excluding hydrogens is 208 g/mol. The molecule has 0 aromatic heterocycles. The third-order valence-corrected chi connectivity index (χ3v) is 2.63. The Bertz CT molecular complexity index is 330. The molecule has 0 bridgehead atoms. The number of epoxide rings is 1. The number of hydrogen-bond donors (Lipinski definition) is 0. The topological polar surface area (TPSA) is 38.8 Å². The molecule has 0 aliphatic carbocycles. The lowest BCUT2D eigenvalue weighted by Crippen LogP contribution is -2.16. The molecule has 15 heavy (non-hydrogen) atoms. The molecule has 0 aromatic carbocycles. The Hall–Kier alpha value is -1.05. The number of esters is 1. The Kier molecular flexibility index (Phi) is 3.72. The first-order valence-corrected chi connectivity index (χ1v) is 8.37. The molecule has 1 aliphatic heterocycles. The quantitative estimate of drug-likeness (QED) is 0.234. The standard InChI is InChI=1S/C11H16O3Si/c1-13-11(12)6-5-9-10(14-9)7-8-15(2,3)4/h5-6,9-10H,1-4H3/b6-5+/t9-,10-/m0/s1. The monoisotopic (exact) mass is 224 g/mol. The molecule has 0 saturated carbocycles. The molecule has 0 N–H and O–H groups in total. The maximum absolute atomic E-state index is 10.8. The second-order valence-corrected chi connectivity index (χ2v) is 9.17. The third kappa shape index (κ3) is 4.82. The van der Waals surface area contributed by atoms with Crippen molar-refractivity contribution >= 4 is 14.0 Å². The van der Waals surface area contributed by atoms with Crippen LogP contribution in [0.15, 0.2) is 12.2 Å². The van der Waals surface area contributed by atoms with Crippen molar-refractivity contribution in [3.63, 3.8) is 0 Å². The molecule has 1 fully saturated rings. The molecule has 1 heterocycles. The van der Waals surface area contributed by atoms with E-state index >= 15 is 0 Å². The average molecular weight is 224 g/mol. The summed E-state index contributed by atoms with van der Waals surface area (Å²) >= 11 is 0. The van der Waals surface area contributed by atoms with E-state index in [9.17, 15) is 4.79 Å². The van der Waals surface area contributed by atoms with Crippen LogP contribution in [-0.4, -0.2) is 33.4 Å². The predicted molar refractivity (Wildman–Crippen MR) is 60.9 cm³/mol. The van der Waals surface area contributed by atoms with Crippen LogP contribution in [-0.2, 0) is 14.3 Å². The molecule has 0 unspecified atom stereocenters. The van der Waals surface area contributed by atoms with E-state index in [0.717, 1.165) is 0 Å². The number of ether oxygens (including phenoxy) is 2. The fourth-order valence-corrected chi connectivity index (χ4v) is 1.49. The van der Waals surface area contributed by atoms with Crippen LogP contribution in [0.25, 0.3) is 0 Å². The Morgan fingerprint density at radius 2 is 2.13 bits per heavy atom. The minimum atomic E-state index is -1.32. The smallest absolute Gasteiger partial charge is 0.330 e. The maximum Gasteiger partial charge on any atom is 0.330 e. The summed E-state index contributed by atoms with van der Waals surface area (Å²) in [5, 5.41) is 0. The molecule has 2 atom stereocenters. The second-order valence-electron chi connectivity index (χ2n) is 4.42. The van der Waals surface area contributed by atoms with Gasteiger partial charge in [-0.1, -0.05) is 25.6 Å². The first-order chi connectivity index (χ1) is 6.92. The highest BCUT2D eigenvalue weighted by molar-refractivity contribution is 6.83. The predicted octanol–water partition coefficient (Wildman–Crippen LogP) is 1.36. The molecule has 4 heteroatoms. The van der Waals surface area contributed by atoms with Crippen molar-refractivity contribution in [3.05, 3.63) is 12.2 Å². The average Bonchev–Trinajstić information content (AvgIpc) is 2.88. The minimum Gasteiger partial charge on any atom is -0.466 e. The molecule has 0 amide bonds. The van der Waals surface area contributed by atoms with Gasteiger partial charge in [-0.25, -0.2) is 4.79 Å². The van der Waals surface area contributed by atoms with E-state index in [1.165, 1.54) is 13.2 Å². The van der Waals surface area contributed by atoms with Gasteiger partial charge in [-0.2, -0.15) is 0 Å². The highest BCUT2D eigenvalue weighted by Gasteiger charge is 2.35. The number of carbonyl (C=O) groups is 1. The largest absolute Gasteiger partial charge is 0.466 e. The Morgan fingerprint density at radius 3 is 2.67 bits per heavy atom. The van der Waals surface area contributed by atoms with Gasteiger partial charge < -0.3 is 9.47 Å². The van der Waals surface area contributed by atoms with Crippen molar-refractivity contribution in [2.24, 2.45) is 0 Å². The molecule has 0 radical (unpaired) electrons. The van der Waals surface area contributed by atoms with E-state index in [1.807, 2.05) is 0 Å². The summed E-state index contributed by atoms with van der Waals surface area (Å²) < 4.78 is 9.73. The minimum absolute atomic E-state index is 0.0300. The lowest BCUT2D eigenvalue weighted by atomic mass is 10.3. The number of carbonyl (C=O) groups excluding carboxylic acids is 1. The summed E-state index contributed by atoms with van der Waals surface area (Å²) in [5.74, 6) is 2.72. The van der Waals surface area contributed by atoms with E-state index in [2.05, 4.69) is 35.8 Å². The van der Waals surface area contributed by atoms with Crippen LogP contribution in [0.3, 0.4) is 0 Å². The first kappa shape index (κ1) is 12.0. The van der Waals surface area contributed by atoms with Gasteiger partial charge in [-0.05, 0) is 6.08 Å². The lowest BCUT2D eigenvalue weighted by Gasteiger charge is -2.02. The van der Waals surface area contributed by atoms with E-state index < -0.39 is 8.07 Å². The Morgan fingerprint density at radius 1 is 1.47 bits per heavy atom. The Labute approximate surface area is 91.5 Å². The normalized spacial score (nSPS) is 24.5. The van der Waals surface area contributed by atoms with Crippen molar-refractivity contribution in [3.8, 4) is 11.5 Å². The van der Waals surface area contributed by atoms with Crippen LogP contribution in [0.1, 0.15) is 0 Å². The highest BCUT2D eigenvalue weighted by atomic mass is 28.3. The zero-order valence-electron chi connectivity index (χ0n) is 9.53. The van der Waals surface area contributed by atoms with Gasteiger partial charge in [0.15, 0.2) is 0 Å². The van der Waals surface area contributed by atoms with Crippen molar-refractivity contribution in [2.75, 3.05) is 7.11 Å². The van der Waals surface area contributed by atoms with Gasteiger partial charge in [-0.15, -0.1) is 5.54 Å².